The Hall–Kier alpha value is -1.38. The van der Waals surface area contributed by atoms with Gasteiger partial charge in [0.25, 0.3) is 0 Å². The summed E-state index contributed by atoms with van der Waals surface area (Å²) in [7, 11) is 0. The van der Waals surface area contributed by atoms with E-state index in [4.69, 9.17) is 0 Å². The van der Waals surface area contributed by atoms with Gasteiger partial charge in [0.2, 0.25) is 0 Å². The van der Waals surface area contributed by atoms with Crippen LogP contribution in [0.1, 0.15) is 13.3 Å². The standard InChI is InChI=1S/C10H15N3/c1-3-7-13(8-4-2)10-5-6-11-9-12-10/h3,5-6,9H,1,4,7-8H2,2H3. The number of nitrogens with zero attached hydrogens (tertiary/aromatic N) is 3. The van der Waals surface area contributed by atoms with Crippen molar-refractivity contribution in [1.82, 2.24) is 9.97 Å². The van der Waals surface area contributed by atoms with Crippen molar-refractivity contribution in [3.63, 3.8) is 0 Å². The molecule has 1 heterocycles. The summed E-state index contributed by atoms with van der Waals surface area (Å²) in [5.74, 6) is 0.969. The Morgan fingerprint density at radius 2 is 2.46 bits per heavy atom. The molecule has 0 spiro atoms. The molecule has 0 fully saturated rings. The molecule has 3 nitrogen and oxygen atoms in total. The van der Waals surface area contributed by atoms with Gasteiger partial charge in [-0.25, -0.2) is 9.97 Å². The lowest BCUT2D eigenvalue weighted by atomic mass is 10.4. The first-order chi connectivity index (χ1) is 6.38. The molecule has 0 bridgehead atoms. The summed E-state index contributed by atoms with van der Waals surface area (Å²) in [6, 6.07) is 1.92. The second kappa shape index (κ2) is 5.30. The van der Waals surface area contributed by atoms with Gasteiger partial charge in [-0.05, 0) is 12.5 Å². The van der Waals surface area contributed by atoms with Gasteiger partial charge >= 0.3 is 0 Å². The summed E-state index contributed by atoms with van der Waals surface area (Å²) in [4.78, 5) is 10.2. The van der Waals surface area contributed by atoms with Crippen molar-refractivity contribution in [2.24, 2.45) is 0 Å². The van der Waals surface area contributed by atoms with Crippen molar-refractivity contribution >= 4 is 5.82 Å². The van der Waals surface area contributed by atoms with Gasteiger partial charge in [0.15, 0.2) is 0 Å². The number of aromatic nitrogens is 2. The normalized spacial score (nSPS) is 9.62. The first-order valence-electron chi connectivity index (χ1n) is 4.50. The molecule has 3 heteroatoms. The van der Waals surface area contributed by atoms with Gasteiger partial charge in [0.1, 0.15) is 12.1 Å². The summed E-state index contributed by atoms with van der Waals surface area (Å²) in [5, 5.41) is 0. The molecule has 1 aromatic heterocycles. The molecule has 0 aliphatic carbocycles. The third-order valence-corrected chi connectivity index (χ3v) is 1.73. The lowest BCUT2D eigenvalue weighted by molar-refractivity contribution is 0.799. The third-order valence-electron chi connectivity index (χ3n) is 1.73. The number of hydrogen-bond donors (Lipinski definition) is 0. The van der Waals surface area contributed by atoms with Crippen molar-refractivity contribution in [1.29, 1.82) is 0 Å². The molecule has 13 heavy (non-hydrogen) atoms. The van der Waals surface area contributed by atoms with Crippen LogP contribution in [0.3, 0.4) is 0 Å². The van der Waals surface area contributed by atoms with Gasteiger partial charge < -0.3 is 4.90 Å². The van der Waals surface area contributed by atoms with Crippen LogP contribution in [0.25, 0.3) is 0 Å². The van der Waals surface area contributed by atoms with Crippen LogP contribution in [0.15, 0.2) is 31.2 Å². The number of anilines is 1. The van der Waals surface area contributed by atoms with Crippen LogP contribution in [0.2, 0.25) is 0 Å². The molecule has 0 aromatic carbocycles. The monoisotopic (exact) mass is 177 g/mol. The predicted molar refractivity (Wildman–Crippen MR) is 54.7 cm³/mol. The summed E-state index contributed by atoms with van der Waals surface area (Å²) in [5.41, 5.74) is 0. The smallest absolute Gasteiger partial charge is 0.132 e. The molecule has 0 radical (unpaired) electrons. The second-order valence-electron chi connectivity index (χ2n) is 2.80. The van der Waals surface area contributed by atoms with Crippen molar-refractivity contribution in [3.05, 3.63) is 31.2 Å². The van der Waals surface area contributed by atoms with E-state index < -0.39 is 0 Å². The highest BCUT2D eigenvalue weighted by Crippen LogP contribution is 2.07. The van der Waals surface area contributed by atoms with Crippen molar-refractivity contribution in [2.75, 3.05) is 18.0 Å². The van der Waals surface area contributed by atoms with Crippen LogP contribution in [-0.2, 0) is 0 Å². The van der Waals surface area contributed by atoms with Gasteiger partial charge in [-0.1, -0.05) is 13.0 Å². The fraction of sp³-hybridized carbons (Fsp3) is 0.400. The minimum Gasteiger partial charge on any atom is -0.353 e. The van der Waals surface area contributed by atoms with E-state index in [9.17, 15) is 0 Å². The van der Waals surface area contributed by atoms with Crippen LogP contribution in [0.5, 0.6) is 0 Å². The zero-order valence-corrected chi connectivity index (χ0v) is 7.98. The molecule has 0 N–H and O–H groups in total. The SMILES string of the molecule is C=CCN(CCC)c1ccncn1. The summed E-state index contributed by atoms with van der Waals surface area (Å²) in [6.45, 7) is 7.71. The third kappa shape index (κ3) is 2.86. The molecule has 0 saturated heterocycles. The van der Waals surface area contributed by atoms with E-state index in [2.05, 4.69) is 28.4 Å². The Morgan fingerprint density at radius 1 is 1.62 bits per heavy atom. The Labute approximate surface area is 79.1 Å². The van der Waals surface area contributed by atoms with Crippen LogP contribution in [-0.4, -0.2) is 23.1 Å². The van der Waals surface area contributed by atoms with E-state index in [0.29, 0.717) is 0 Å². The van der Waals surface area contributed by atoms with Crippen LogP contribution >= 0.6 is 0 Å². The molecular formula is C10H15N3. The fourth-order valence-corrected chi connectivity index (χ4v) is 1.20. The maximum Gasteiger partial charge on any atom is 0.132 e. The second-order valence-corrected chi connectivity index (χ2v) is 2.80. The molecule has 70 valence electrons. The highest BCUT2D eigenvalue weighted by Gasteiger charge is 2.02. The zero-order chi connectivity index (χ0) is 9.52. The lowest BCUT2D eigenvalue weighted by Crippen LogP contribution is -2.24. The first-order valence-corrected chi connectivity index (χ1v) is 4.50. The topological polar surface area (TPSA) is 29.0 Å². The Bertz CT molecular complexity index is 246. The van der Waals surface area contributed by atoms with E-state index in [1.807, 2.05) is 12.1 Å². The van der Waals surface area contributed by atoms with Gasteiger partial charge in [-0.15, -0.1) is 6.58 Å². The lowest BCUT2D eigenvalue weighted by Gasteiger charge is -2.20. The van der Waals surface area contributed by atoms with Crippen LogP contribution in [0.4, 0.5) is 5.82 Å². The summed E-state index contributed by atoms with van der Waals surface area (Å²) < 4.78 is 0. The Balaban J connectivity index is 2.69. The Kier molecular flexibility index (Phi) is 3.96. The molecule has 0 aliphatic rings. The van der Waals surface area contributed by atoms with Crippen molar-refractivity contribution in [2.45, 2.75) is 13.3 Å². The molecule has 0 aliphatic heterocycles. The highest BCUT2D eigenvalue weighted by molar-refractivity contribution is 5.36. The maximum atomic E-state index is 4.18. The van der Waals surface area contributed by atoms with Crippen molar-refractivity contribution < 1.29 is 0 Å². The summed E-state index contributed by atoms with van der Waals surface area (Å²) >= 11 is 0. The minimum atomic E-state index is 0.838. The number of hydrogen-bond acceptors (Lipinski definition) is 3. The Morgan fingerprint density at radius 3 is 3.00 bits per heavy atom. The average molecular weight is 177 g/mol. The van der Waals surface area contributed by atoms with E-state index in [0.717, 1.165) is 25.3 Å². The zero-order valence-electron chi connectivity index (χ0n) is 7.98. The van der Waals surface area contributed by atoms with Gasteiger partial charge in [-0.3, -0.25) is 0 Å². The minimum absolute atomic E-state index is 0.838. The molecule has 1 aromatic rings. The first kappa shape index (κ1) is 9.71. The molecule has 0 unspecified atom stereocenters. The highest BCUT2D eigenvalue weighted by atomic mass is 15.2. The molecule has 0 amide bonds. The molecule has 0 saturated carbocycles. The maximum absolute atomic E-state index is 4.18. The molecule has 0 atom stereocenters. The molecular weight excluding hydrogens is 162 g/mol. The van der Waals surface area contributed by atoms with E-state index in [-0.39, 0.29) is 0 Å². The number of rotatable bonds is 5. The summed E-state index contributed by atoms with van der Waals surface area (Å²) in [6.07, 6.45) is 6.32. The average Bonchev–Trinajstić information content (AvgIpc) is 2.19. The quantitative estimate of drug-likeness (QED) is 0.643. The van der Waals surface area contributed by atoms with Gasteiger partial charge in [0, 0.05) is 19.3 Å². The van der Waals surface area contributed by atoms with E-state index in [1.165, 1.54) is 0 Å². The predicted octanol–water partition coefficient (Wildman–Crippen LogP) is 1.88. The molecule has 1 rings (SSSR count). The van der Waals surface area contributed by atoms with Gasteiger partial charge in [0.05, 0.1) is 0 Å². The van der Waals surface area contributed by atoms with E-state index in [1.54, 1.807) is 12.5 Å². The van der Waals surface area contributed by atoms with Crippen molar-refractivity contribution in [3.8, 4) is 0 Å². The largest absolute Gasteiger partial charge is 0.353 e. The van der Waals surface area contributed by atoms with Crippen LogP contribution < -0.4 is 4.90 Å². The fourth-order valence-electron chi connectivity index (χ4n) is 1.20. The van der Waals surface area contributed by atoms with Crippen LogP contribution in [0, 0.1) is 0 Å². The van der Waals surface area contributed by atoms with Gasteiger partial charge in [-0.2, -0.15) is 0 Å². The van der Waals surface area contributed by atoms with E-state index >= 15 is 0 Å².